The van der Waals surface area contributed by atoms with E-state index < -0.39 is 0 Å². The molecule has 0 spiro atoms. The van der Waals surface area contributed by atoms with Crippen molar-refractivity contribution < 1.29 is 4.74 Å². The quantitative estimate of drug-likeness (QED) is 0.916. The van der Waals surface area contributed by atoms with Crippen LogP contribution < -0.4 is 10.5 Å². The van der Waals surface area contributed by atoms with E-state index in [0.717, 1.165) is 22.2 Å². The van der Waals surface area contributed by atoms with Gasteiger partial charge in [0.25, 0.3) is 0 Å². The highest BCUT2D eigenvalue weighted by molar-refractivity contribution is 9.10. The Kier molecular flexibility index (Phi) is 4.59. The fourth-order valence-corrected chi connectivity index (χ4v) is 2.76. The van der Waals surface area contributed by atoms with E-state index in [1.54, 1.807) is 11.3 Å². The molecule has 0 amide bonds. The van der Waals surface area contributed by atoms with Crippen molar-refractivity contribution in [3.63, 3.8) is 0 Å². The molecular weight excluding hydrogens is 298 g/mol. The van der Waals surface area contributed by atoms with E-state index in [4.69, 9.17) is 10.5 Å². The zero-order chi connectivity index (χ0) is 12.1. The van der Waals surface area contributed by atoms with Gasteiger partial charge in [0, 0.05) is 22.3 Å². The molecule has 17 heavy (non-hydrogen) atoms. The van der Waals surface area contributed by atoms with Crippen molar-refractivity contribution in [1.29, 1.82) is 0 Å². The van der Waals surface area contributed by atoms with Gasteiger partial charge in [-0.25, -0.2) is 0 Å². The molecule has 0 saturated heterocycles. The second-order valence-corrected chi connectivity index (χ2v) is 5.63. The lowest BCUT2D eigenvalue weighted by atomic mass is 10.2. The lowest BCUT2D eigenvalue weighted by molar-refractivity contribution is 0.322. The Labute approximate surface area is 114 Å². The maximum absolute atomic E-state index is 5.72. The van der Waals surface area contributed by atoms with Crippen molar-refractivity contribution in [2.45, 2.75) is 13.0 Å². The largest absolute Gasteiger partial charge is 0.493 e. The van der Waals surface area contributed by atoms with Gasteiger partial charge in [0.15, 0.2) is 0 Å². The number of thiophene rings is 1. The van der Waals surface area contributed by atoms with Gasteiger partial charge < -0.3 is 10.5 Å². The van der Waals surface area contributed by atoms with Crippen molar-refractivity contribution in [3.8, 4) is 5.75 Å². The highest BCUT2D eigenvalue weighted by Crippen LogP contribution is 2.21. The average molecular weight is 312 g/mol. The molecule has 0 aliphatic carbocycles. The third kappa shape index (κ3) is 3.84. The molecule has 0 aliphatic heterocycles. The number of halogens is 1. The van der Waals surface area contributed by atoms with Crippen molar-refractivity contribution in [1.82, 2.24) is 0 Å². The fourth-order valence-electron chi connectivity index (χ4n) is 1.55. The van der Waals surface area contributed by atoms with E-state index in [1.165, 1.54) is 4.88 Å². The smallest absolute Gasteiger partial charge is 0.120 e. The number of hydrogen-bond acceptors (Lipinski definition) is 3. The second kappa shape index (κ2) is 6.19. The van der Waals surface area contributed by atoms with E-state index in [1.807, 2.05) is 18.2 Å². The predicted molar refractivity (Wildman–Crippen MR) is 75.6 cm³/mol. The Morgan fingerprint density at radius 2 is 2.18 bits per heavy atom. The normalized spacial score (nSPS) is 10.5. The van der Waals surface area contributed by atoms with Crippen LogP contribution in [0, 0.1) is 0 Å². The van der Waals surface area contributed by atoms with Crippen LogP contribution in [0.15, 0.2) is 40.2 Å². The summed E-state index contributed by atoms with van der Waals surface area (Å²) in [6, 6.07) is 10.1. The van der Waals surface area contributed by atoms with Gasteiger partial charge in [0.05, 0.1) is 6.61 Å². The Morgan fingerprint density at radius 1 is 1.29 bits per heavy atom. The van der Waals surface area contributed by atoms with Gasteiger partial charge in [-0.2, -0.15) is 0 Å². The lowest BCUT2D eigenvalue weighted by Crippen LogP contribution is -2.02. The van der Waals surface area contributed by atoms with Gasteiger partial charge in [0.2, 0.25) is 0 Å². The third-order valence-electron chi connectivity index (χ3n) is 2.36. The Balaban J connectivity index is 1.92. The van der Waals surface area contributed by atoms with Crippen LogP contribution >= 0.6 is 27.3 Å². The van der Waals surface area contributed by atoms with Crippen molar-refractivity contribution in [3.05, 3.63) is 50.6 Å². The zero-order valence-electron chi connectivity index (χ0n) is 9.36. The average Bonchev–Trinajstić information content (AvgIpc) is 2.81. The monoisotopic (exact) mass is 311 g/mol. The van der Waals surface area contributed by atoms with Crippen LogP contribution in [-0.4, -0.2) is 6.61 Å². The van der Waals surface area contributed by atoms with Crippen molar-refractivity contribution >= 4 is 27.3 Å². The zero-order valence-corrected chi connectivity index (χ0v) is 11.8. The highest BCUT2D eigenvalue weighted by atomic mass is 79.9. The van der Waals surface area contributed by atoms with Crippen LogP contribution in [0.5, 0.6) is 5.75 Å². The molecule has 2 nitrogen and oxygen atoms in total. The first kappa shape index (κ1) is 12.6. The molecule has 0 fully saturated rings. The van der Waals surface area contributed by atoms with Crippen LogP contribution in [-0.2, 0) is 13.0 Å². The number of nitrogens with two attached hydrogens (primary N) is 1. The van der Waals surface area contributed by atoms with Gasteiger partial charge in [0.1, 0.15) is 5.75 Å². The highest BCUT2D eigenvalue weighted by Gasteiger charge is 2.00. The van der Waals surface area contributed by atoms with Crippen LogP contribution in [0.1, 0.15) is 10.4 Å². The number of ether oxygens (including phenoxy) is 1. The SMILES string of the molecule is NCc1cc(Br)cc(OCCc2cccs2)c1. The first-order chi connectivity index (χ1) is 8.28. The van der Waals surface area contributed by atoms with Gasteiger partial charge in [-0.05, 0) is 35.2 Å². The molecule has 2 rings (SSSR count). The molecule has 0 radical (unpaired) electrons. The number of rotatable bonds is 5. The molecule has 1 aromatic heterocycles. The molecule has 0 aliphatic rings. The summed E-state index contributed by atoms with van der Waals surface area (Å²) in [4.78, 5) is 1.35. The molecule has 4 heteroatoms. The van der Waals surface area contributed by atoms with Crippen molar-refractivity contribution in [2.24, 2.45) is 5.73 Å². The minimum absolute atomic E-state index is 0.528. The molecule has 2 aromatic rings. The van der Waals surface area contributed by atoms with E-state index in [9.17, 15) is 0 Å². The Hall–Kier alpha value is -0.840. The van der Waals surface area contributed by atoms with Gasteiger partial charge in [-0.1, -0.05) is 22.0 Å². The molecule has 0 atom stereocenters. The van der Waals surface area contributed by atoms with Crippen LogP contribution in [0.25, 0.3) is 0 Å². The molecule has 0 unspecified atom stereocenters. The van der Waals surface area contributed by atoms with Gasteiger partial charge >= 0.3 is 0 Å². The minimum atomic E-state index is 0.528. The first-order valence-electron chi connectivity index (χ1n) is 5.42. The summed E-state index contributed by atoms with van der Waals surface area (Å²) in [5, 5.41) is 2.08. The van der Waals surface area contributed by atoms with E-state index in [0.29, 0.717) is 13.2 Å². The second-order valence-electron chi connectivity index (χ2n) is 3.68. The molecule has 2 N–H and O–H groups in total. The first-order valence-corrected chi connectivity index (χ1v) is 7.10. The van der Waals surface area contributed by atoms with E-state index >= 15 is 0 Å². The summed E-state index contributed by atoms with van der Waals surface area (Å²) >= 11 is 5.21. The fraction of sp³-hybridized carbons (Fsp3) is 0.231. The maximum atomic E-state index is 5.72. The van der Waals surface area contributed by atoms with Crippen LogP contribution in [0.3, 0.4) is 0 Å². The Bertz CT molecular complexity index is 470. The molecule has 1 heterocycles. The number of hydrogen-bond donors (Lipinski definition) is 1. The van der Waals surface area contributed by atoms with Gasteiger partial charge in [-0.15, -0.1) is 11.3 Å². The van der Waals surface area contributed by atoms with Gasteiger partial charge in [-0.3, -0.25) is 0 Å². The molecule has 0 saturated carbocycles. The summed E-state index contributed by atoms with van der Waals surface area (Å²) < 4.78 is 6.73. The van der Waals surface area contributed by atoms with Crippen LogP contribution in [0.4, 0.5) is 0 Å². The van der Waals surface area contributed by atoms with Crippen molar-refractivity contribution in [2.75, 3.05) is 6.61 Å². The molecule has 90 valence electrons. The molecule has 1 aromatic carbocycles. The van der Waals surface area contributed by atoms with Crippen LogP contribution in [0.2, 0.25) is 0 Å². The predicted octanol–water partition coefficient (Wildman–Crippen LogP) is 3.59. The molecular formula is C13H14BrNOS. The standard InChI is InChI=1S/C13H14BrNOS/c14-11-6-10(9-15)7-12(8-11)16-4-3-13-2-1-5-17-13/h1-2,5-8H,3-4,9,15H2. The maximum Gasteiger partial charge on any atom is 0.120 e. The molecule has 0 bridgehead atoms. The lowest BCUT2D eigenvalue weighted by Gasteiger charge is -2.07. The number of benzene rings is 1. The summed E-state index contributed by atoms with van der Waals surface area (Å²) in [5.41, 5.74) is 6.69. The summed E-state index contributed by atoms with van der Waals surface area (Å²) in [5.74, 6) is 0.872. The summed E-state index contributed by atoms with van der Waals surface area (Å²) in [7, 11) is 0. The topological polar surface area (TPSA) is 35.2 Å². The third-order valence-corrected chi connectivity index (χ3v) is 3.76. The summed E-state index contributed by atoms with van der Waals surface area (Å²) in [6.07, 6.45) is 0.947. The Morgan fingerprint density at radius 3 is 2.88 bits per heavy atom. The van der Waals surface area contributed by atoms with E-state index in [2.05, 4.69) is 33.4 Å². The summed E-state index contributed by atoms with van der Waals surface area (Å²) in [6.45, 7) is 1.22. The minimum Gasteiger partial charge on any atom is -0.493 e. The van der Waals surface area contributed by atoms with E-state index in [-0.39, 0.29) is 0 Å².